The molecule has 24 heavy (non-hydrogen) atoms. The molecule has 124 valence electrons. The van der Waals surface area contributed by atoms with Gasteiger partial charge in [0.05, 0.1) is 4.92 Å². The summed E-state index contributed by atoms with van der Waals surface area (Å²) >= 11 is 0. The highest BCUT2D eigenvalue weighted by molar-refractivity contribution is 5.55. The molecular weight excluding hydrogens is 308 g/mol. The lowest BCUT2D eigenvalue weighted by Gasteiger charge is -2.35. The monoisotopic (exact) mass is 326 g/mol. The summed E-state index contributed by atoms with van der Waals surface area (Å²) in [4.78, 5) is 14.1. The Morgan fingerprint density at radius 2 is 2.17 bits per heavy atom. The first-order valence-electron chi connectivity index (χ1n) is 8.03. The first-order valence-corrected chi connectivity index (χ1v) is 8.03. The molecule has 2 heterocycles. The van der Waals surface area contributed by atoms with Crippen molar-refractivity contribution in [3.8, 4) is 11.8 Å². The molecule has 1 aliphatic heterocycles. The van der Waals surface area contributed by atoms with Gasteiger partial charge in [-0.05, 0) is 31.7 Å². The van der Waals surface area contributed by atoms with Crippen LogP contribution in [0.4, 0.5) is 11.5 Å². The largest absolute Gasteiger partial charge is 0.350 e. The summed E-state index contributed by atoms with van der Waals surface area (Å²) in [6.45, 7) is 2.93. The average Bonchev–Trinajstić information content (AvgIpc) is 3.05. The molecular formula is C16H18N6O2. The SMILES string of the molecule is CCC1CCCCN1c1nn(-c2ccccc2[N+](=O)[O-])nc1C#N. The molecule has 0 saturated carbocycles. The van der Waals surface area contributed by atoms with Crippen LogP contribution in [-0.4, -0.2) is 32.5 Å². The number of nitro groups is 1. The fourth-order valence-electron chi connectivity index (χ4n) is 3.16. The van der Waals surface area contributed by atoms with Gasteiger partial charge in [-0.1, -0.05) is 19.1 Å². The average molecular weight is 326 g/mol. The van der Waals surface area contributed by atoms with Gasteiger partial charge in [-0.2, -0.15) is 5.26 Å². The van der Waals surface area contributed by atoms with Gasteiger partial charge >= 0.3 is 0 Å². The molecule has 0 amide bonds. The third-order valence-corrected chi connectivity index (χ3v) is 4.37. The van der Waals surface area contributed by atoms with Gasteiger partial charge in [-0.25, -0.2) is 0 Å². The van der Waals surface area contributed by atoms with Gasteiger partial charge in [0.2, 0.25) is 5.69 Å². The van der Waals surface area contributed by atoms with Crippen LogP contribution in [0.25, 0.3) is 5.69 Å². The highest BCUT2D eigenvalue weighted by atomic mass is 16.6. The van der Waals surface area contributed by atoms with E-state index in [0.717, 1.165) is 32.2 Å². The first kappa shape index (κ1) is 15.9. The summed E-state index contributed by atoms with van der Waals surface area (Å²) < 4.78 is 0. The second-order valence-corrected chi connectivity index (χ2v) is 5.77. The second-order valence-electron chi connectivity index (χ2n) is 5.77. The van der Waals surface area contributed by atoms with E-state index in [9.17, 15) is 15.4 Å². The van der Waals surface area contributed by atoms with Gasteiger partial charge in [0, 0.05) is 18.7 Å². The van der Waals surface area contributed by atoms with Crippen LogP contribution >= 0.6 is 0 Å². The number of nitriles is 1. The zero-order chi connectivity index (χ0) is 17.1. The smallest absolute Gasteiger partial charge is 0.296 e. The lowest BCUT2D eigenvalue weighted by atomic mass is 10.00. The number of aromatic nitrogens is 3. The third-order valence-electron chi connectivity index (χ3n) is 4.37. The molecule has 1 atom stereocenters. The van der Waals surface area contributed by atoms with E-state index in [4.69, 9.17) is 0 Å². The minimum atomic E-state index is -0.472. The number of hydrogen-bond acceptors (Lipinski definition) is 6. The van der Waals surface area contributed by atoms with Crippen LogP contribution in [0, 0.1) is 21.4 Å². The third kappa shape index (κ3) is 2.80. The highest BCUT2D eigenvalue weighted by Gasteiger charge is 2.28. The maximum Gasteiger partial charge on any atom is 0.296 e. The van der Waals surface area contributed by atoms with Crippen molar-refractivity contribution in [2.45, 2.75) is 38.6 Å². The number of nitrogens with zero attached hydrogens (tertiary/aromatic N) is 6. The van der Waals surface area contributed by atoms with Crippen LogP contribution in [0.3, 0.4) is 0 Å². The predicted octanol–water partition coefficient (Wildman–Crippen LogP) is 2.82. The van der Waals surface area contributed by atoms with E-state index in [0.29, 0.717) is 11.9 Å². The molecule has 1 aliphatic rings. The van der Waals surface area contributed by atoms with Crippen molar-refractivity contribution in [1.29, 1.82) is 5.26 Å². The summed E-state index contributed by atoms with van der Waals surface area (Å²) in [6, 6.07) is 8.65. The summed E-state index contributed by atoms with van der Waals surface area (Å²) in [5.74, 6) is 0.516. The topological polar surface area (TPSA) is 101 Å². The Morgan fingerprint density at radius 1 is 1.38 bits per heavy atom. The number of nitro benzene ring substituents is 1. The van der Waals surface area contributed by atoms with E-state index < -0.39 is 4.92 Å². The lowest BCUT2D eigenvalue weighted by Crippen LogP contribution is -2.39. The van der Waals surface area contributed by atoms with Crippen LogP contribution in [0.5, 0.6) is 0 Å². The molecule has 2 aromatic rings. The number of benzene rings is 1. The van der Waals surface area contributed by atoms with E-state index in [1.165, 1.54) is 10.9 Å². The lowest BCUT2D eigenvalue weighted by molar-refractivity contribution is -0.384. The molecule has 1 fully saturated rings. The first-order chi connectivity index (χ1) is 11.7. The molecule has 0 bridgehead atoms. The quantitative estimate of drug-likeness (QED) is 0.632. The molecule has 1 saturated heterocycles. The fraction of sp³-hybridized carbons (Fsp3) is 0.438. The molecule has 0 aliphatic carbocycles. The standard InChI is InChI=1S/C16H18N6O2/c1-2-12-7-5-6-10-20(12)16-13(11-17)18-21(19-16)14-8-3-4-9-15(14)22(23)24/h3-4,8-9,12H,2,5-7,10H2,1H3. The van der Waals surface area contributed by atoms with Crippen molar-refractivity contribution < 1.29 is 4.92 Å². The van der Waals surface area contributed by atoms with Crippen LogP contribution in [0.1, 0.15) is 38.3 Å². The number of rotatable bonds is 4. The second kappa shape index (κ2) is 6.66. The van der Waals surface area contributed by atoms with Crippen LogP contribution in [0.15, 0.2) is 24.3 Å². The maximum absolute atomic E-state index is 11.2. The Hall–Kier alpha value is -2.95. The molecule has 0 N–H and O–H groups in total. The molecule has 8 nitrogen and oxygen atoms in total. The van der Waals surface area contributed by atoms with Gasteiger partial charge in [0.1, 0.15) is 6.07 Å². The molecule has 1 aromatic carbocycles. The van der Waals surface area contributed by atoms with Crippen molar-refractivity contribution in [3.05, 3.63) is 40.1 Å². The Balaban J connectivity index is 2.06. The molecule has 3 rings (SSSR count). The molecule has 1 aromatic heterocycles. The Labute approximate surface area is 139 Å². The molecule has 0 radical (unpaired) electrons. The zero-order valence-corrected chi connectivity index (χ0v) is 13.4. The van der Waals surface area contributed by atoms with Gasteiger partial charge in [-0.15, -0.1) is 15.0 Å². The van der Waals surface area contributed by atoms with Gasteiger partial charge < -0.3 is 4.90 Å². The maximum atomic E-state index is 11.2. The summed E-state index contributed by atoms with van der Waals surface area (Å²) in [6.07, 6.45) is 4.22. The predicted molar refractivity (Wildman–Crippen MR) is 88.0 cm³/mol. The van der Waals surface area contributed by atoms with Crippen molar-refractivity contribution >= 4 is 11.5 Å². The Kier molecular flexibility index (Phi) is 4.42. The summed E-state index contributed by atoms with van der Waals surface area (Å²) in [5.41, 5.74) is 0.373. The van der Waals surface area contributed by atoms with E-state index in [1.807, 2.05) is 0 Å². The van der Waals surface area contributed by atoms with Gasteiger partial charge in [-0.3, -0.25) is 10.1 Å². The van der Waals surface area contributed by atoms with Crippen molar-refractivity contribution in [3.63, 3.8) is 0 Å². The molecule has 8 heteroatoms. The summed E-state index contributed by atoms with van der Waals surface area (Å²) in [7, 11) is 0. The Bertz CT molecular complexity index is 794. The number of piperidine rings is 1. The number of anilines is 1. The summed E-state index contributed by atoms with van der Waals surface area (Å²) in [5, 5.41) is 29.2. The van der Waals surface area contributed by atoms with Crippen molar-refractivity contribution in [2.24, 2.45) is 0 Å². The van der Waals surface area contributed by atoms with Crippen LogP contribution < -0.4 is 4.90 Å². The van der Waals surface area contributed by atoms with Gasteiger partial charge in [0.15, 0.2) is 11.5 Å². The van der Waals surface area contributed by atoms with Crippen LogP contribution in [0.2, 0.25) is 0 Å². The van der Waals surface area contributed by atoms with E-state index in [2.05, 4.69) is 28.1 Å². The van der Waals surface area contributed by atoms with E-state index >= 15 is 0 Å². The normalized spacial score (nSPS) is 17.5. The fourth-order valence-corrected chi connectivity index (χ4v) is 3.16. The minimum absolute atomic E-state index is 0.0887. The molecule has 0 spiro atoms. The number of hydrogen-bond donors (Lipinski definition) is 0. The zero-order valence-electron chi connectivity index (χ0n) is 13.4. The Morgan fingerprint density at radius 3 is 2.88 bits per heavy atom. The number of para-hydroxylation sites is 2. The van der Waals surface area contributed by atoms with Crippen molar-refractivity contribution in [1.82, 2.24) is 15.0 Å². The van der Waals surface area contributed by atoms with E-state index in [-0.39, 0.29) is 17.1 Å². The minimum Gasteiger partial charge on any atom is -0.350 e. The van der Waals surface area contributed by atoms with Gasteiger partial charge in [0.25, 0.3) is 5.69 Å². The molecule has 1 unspecified atom stereocenters. The highest BCUT2D eigenvalue weighted by Crippen LogP contribution is 2.29. The van der Waals surface area contributed by atoms with E-state index in [1.54, 1.807) is 18.2 Å². The van der Waals surface area contributed by atoms with Crippen LogP contribution in [-0.2, 0) is 0 Å². The van der Waals surface area contributed by atoms with Crippen molar-refractivity contribution in [2.75, 3.05) is 11.4 Å².